The number of nitrogens with one attached hydrogen (secondary N) is 1. The molecule has 0 aliphatic carbocycles. The molecule has 0 spiro atoms. The summed E-state index contributed by atoms with van der Waals surface area (Å²) < 4.78 is 51.6. The van der Waals surface area contributed by atoms with Crippen LogP contribution < -0.4 is 5.32 Å². The largest absolute Gasteiger partial charge is 0.481 e. The second kappa shape index (κ2) is 7.43. The van der Waals surface area contributed by atoms with Crippen molar-refractivity contribution in [1.29, 1.82) is 0 Å². The molecule has 0 heterocycles. The van der Waals surface area contributed by atoms with E-state index in [0.717, 1.165) is 12.1 Å². The van der Waals surface area contributed by atoms with Gasteiger partial charge in [-0.2, -0.15) is 13.2 Å². The van der Waals surface area contributed by atoms with Crippen LogP contribution in [0, 0.1) is 17.7 Å². The molecular weight excluding hydrogens is 318 g/mol. The quantitative estimate of drug-likeness (QED) is 0.784. The Morgan fingerprint density at radius 1 is 1.26 bits per heavy atom. The number of hydrogen-bond donors (Lipinski definition) is 2. The van der Waals surface area contributed by atoms with Gasteiger partial charge in [-0.15, -0.1) is 0 Å². The van der Waals surface area contributed by atoms with E-state index in [1.807, 2.05) is 0 Å². The van der Waals surface area contributed by atoms with Crippen LogP contribution in [-0.4, -0.2) is 23.5 Å². The lowest BCUT2D eigenvalue weighted by Gasteiger charge is -2.16. The van der Waals surface area contributed by atoms with Gasteiger partial charge in [-0.05, 0) is 24.5 Å². The monoisotopic (exact) mass is 335 g/mol. The third kappa shape index (κ3) is 5.22. The van der Waals surface area contributed by atoms with E-state index in [1.54, 1.807) is 13.8 Å². The summed E-state index contributed by atoms with van der Waals surface area (Å²) in [5, 5.41) is 11.2. The van der Waals surface area contributed by atoms with E-state index in [1.165, 1.54) is 0 Å². The number of rotatable bonds is 6. The summed E-state index contributed by atoms with van der Waals surface area (Å²) in [4.78, 5) is 22.9. The van der Waals surface area contributed by atoms with E-state index >= 15 is 0 Å². The Morgan fingerprint density at radius 2 is 1.87 bits per heavy atom. The number of benzene rings is 1. The molecule has 0 aliphatic rings. The van der Waals surface area contributed by atoms with Crippen LogP contribution in [0.15, 0.2) is 18.2 Å². The minimum absolute atomic E-state index is 0.0540. The van der Waals surface area contributed by atoms with Crippen molar-refractivity contribution < 1.29 is 32.3 Å². The minimum atomic E-state index is -4.92. The number of carboxylic acid groups (broad SMARTS) is 1. The second-order valence-corrected chi connectivity index (χ2v) is 5.54. The topological polar surface area (TPSA) is 66.4 Å². The van der Waals surface area contributed by atoms with Crippen LogP contribution in [0.25, 0.3) is 0 Å². The Hall–Kier alpha value is -2.12. The van der Waals surface area contributed by atoms with Gasteiger partial charge in [0, 0.05) is 6.54 Å². The molecule has 1 aromatic carbocycles. The average Bonchev–Trinajstić information content (AvgIpc) is 2.41. The van der Waals surface area contributed by atoms with Crippen molar-refractivity contribution in [2.24, 2.45) is 11.8 Å². The summed E-state index contributed by atoms with van der Waals surface area (Å²) >= 11 is 0. The summed E-state index contributed by atoms with van der Waals surface area (Å²) in [6.45, 7) is 3.30. The average molecular weight is 335 g/mol. The minimum Gasteiger partial charge on any atom is -0.481 e. The fraction of sp³-hybridized carbons (Fsp3) is 0.467. The summed E-state index contributed by atoms with van der Waals surface area (Å²) in [5.74, 6) is -4.73. The highest BCUT2D eigenvalue weighted by Gasteiger charge is 2.35. The second-order valence-electron chi connectivity index (χ2n) is 5.54. The Balaban J connectivity index is 2.88. The Kier molecular flexibility index (Phi) is 6.12. The zero-order valence-electron chi connectivity index (χ0n) is 12.6. The van der Waals surface area contributed by atoms with Crippen molar-refractivity contribution in [3.63, 3.8) is 0 Å². The SMILES string of the molecule is CC(C)CC(CNC(=O)c1cccc(C(F)(F)F)c1F)C(=O)O. The van der Waals surface area contributed by atoms with E-state index in [4.69, 9.17) is 5.11 Å². The van der Waals surface area contributed by atoms with Crippen molar-refractivity contribution in [2.45, 2.75) is 26.4 Å². The third-order valence-corrected chi connectivity index (χ3v) is 3.16. The first-order valence-electron chi connectivity index (χ1n) is 6.90. The van der Waals surface area contributed by atoms with Crippen molar-refractivity contribution in [3.8, 4) is 0 Å². The molecule has 2 N–H and O–H groups in total. The molecule has 23 heavy (non-hydrogen) atoms. The molecule has 1 amide bonds. The Bertz CT molecular complexity index is 585. The number of carbonyl (C=O) groups excluding carboxylic acids is 1. The molecule has 0 aromatic heterocycles. The van der Waals surface area contributed by atoms with Crippen molar-refractivity contribution in [1.82, 2.24) is 5.32 Å². The maximum absolute atomic E-state index is 13.8. The molecule has 1 atom stereocenters. The van der Waals surface area contributed by atoms with Gasteiger partial charge < -0.3 is 10.4 Å². The molecule has 0 aliphatic heterocycles. The first-order valence-corrected chi connectivity index (χ1v) is 6.90. The lowest BCUT2D eigenvalue weighted by Crippen LogP contribution is -2.34. The van der Waals surface area contributed by atoms with Gasteiger partial charge in [0.2, 0.25) is 0 Å². The Labute approximate surface area is 130 Å². The van der Waals surface area contributed by atoms with E-state index in [-0.39, 0.29) is 18.9 Å². The molecule has 0 fully saturated rings. The molecule has 0 saturated heterocycles. The maximum atomic E-state index is 13.8. The molecule has 1 rings (SSSR count). The molecular formula is C15H17F4NO3. The normalized spacial score (nSPS) is 13.0. The summed E-state index contributed by atoms with van der Waals surface area (Å²) in [7, 11) is 0. The predicted octanol–water partition coefficient (Wildman–Crippen LogP) is 3.32. The van der Waals surface area contributed by atoms with Gasteiger partial charge in [0.15, 0.2) is 0 Å². The fourth-order valence-electron chi connectivity index (χ4n) is 2.08. The highest BCUT2D eigenvalue weighted by Crippen LogP contribution is 2.32. The maximum Gasteiger partial charge on any atom is 0.419 e. The third-order valence-electron chi connectivity index (χ3n) is 3.16. The molecule has 1 unspecified atom stereocenters. The molecule has 0 saturated carbocycles. The number of carbonyl (C=O) groups is 2. The zero-order chi connectivity index (χ0) is 17.8. The highest BCUT2D eigenvalue weighted by molar-refractivity contribution is 5.94. The number of hydrogen-bond acceptors (Lipinski definition) is 2. The molecule has 4 nitrogen and oxygen atoms in total. The molecule has 0 bridgehead atoms. The van der Waals surface area contributed by atoms with Gasteiger partial charge in [0.25, 0.3) is 5.91 Å². The van der Waals surface area contributed by atoms with E-state index in [9.17, 15) is 27.2 Å². The Morgan fingerprint density at radius 3 is 2.35 bits per heavy atom. The van der Waals surface area contributed by atoms with Gasteiger partial charge in [-0.25, -0.2) is 4.39 Å². The molecule has 1 aromatic rings. The van der Waals surface area contributed by atoms with Crippen LogP contribution in [0.1, 0.15) is 36.2 Å². The lowest BCUT2D eigenvalue weighted by atomic mass is 9.97. The number of halogens is 4. The van der Waals surface area contributed by atoms with Gasteiger partial charge in [-0.3, -0.25) is 9.59 Å². The zero-order valence-corrected chi connectivity index (χ0v) is 12.6. The molecule has 0 radical (unpaired) electrons. The van der Waals surface area contributed by atoms with Crippen molar-refractivity contribution in [2.75, 3.05) is 6.54 Å². The fourth-order valence-corrected chi connectivity index (χ4v) is 2.08. The van der Waals surface area contributed by atoms with E-state index in [2.05, 4.69) is 5.32 Å². The van der Waals surface area contributed by atoms with Gasteiger partial charge >= 0.3 is 12.1 Å². The van der Waals surface area contributed by atoms with E-state index in [0.29, 0.717) is 6.07 Å². The number of alkyl halides is 3. The van der Waals surface area contributed by atoms with Crippen molar-refractivity contribution >= 4 is 11.9 Å². The van der Waals surface area contributed by atoms with E-state index < -0.39 is 40.9 Å². The number of amides is 1. The van der Waals surface area contributed by atoms with Crippen LogP contribution in [0.5, 0.6) is 0 Å². The number of aliphatic carboxylic acids is 1. The number of carboxylic acids is 1. The van der Waals surface area contributed by atoms with Crippen LogP contribution in [0.4, 0.5) is 17.6 Å². The highest BCUT2D eigenvalue weighted by atomic mass is 19.4. The summed E-state index contributed by atoms with van der Waals surface area (Å²) in [6.07, 6.45) is -4.64. The van der Waals surface area contributed by atoms with Crippen LogP contribution in [0.3, 0.4) is 0 Å². The van der Waals surface area contributed by atoms with Crippen molar-refractivity contribution in [3.05, 3.63) is 35.1 Å². The summed E-state index contributed by atoms with van der Waals surface area (Å²) in [5.41, 5.74) is -2.31. The van der Waals surface area contributed by atoms with Crippen LogP contribution in [-0.2, 0) is 11.0 Å². The molecule has 128 valence electrons. The van der Waals surface area contributed by atoms with Crippen LogP contribution >= 0.6 is 0 Å². The van der Waals surface area contributed by atoms with Gasteiger partial charge in [-0.1, -0.05) is 19.9 Å². The first kappa shape index (κ1) is 18.9. The van der Waals surface area contributed by atoms with Gasteiger partial charge in [0.1, 0.15) is 5.82 Å². The van der Waals surface area contributed by atoms with Crippen LogP contribution in [0.2, 0.25) is 0 Å². The smallest absolute Gasteiger partial charge is 0.419 e. The van der Waals surface area contributed by atoms with Gasteiger partial charge in [0.05, 0.1) is 17.0 Å². The lowest BCUT2D eigenvalue weighted by molar-refractivity contribution is -0.142. The standard InChI is InChI=1S/C15H17F4NO3/c1-8(2)6-9(14(22)23)7-20-13(21)10-4-3-5-11(12(10)16)15(17,18)19/h3-5,8-9H,6-7H2,1-2H3,(H,20,21)(H,22,23). The first-order chi connectivity index (χ1) is 10.5. The summed E-state index contributed by atoms with van der Waals surface area (Å²) in [6, 6.07) is 2.37. The molecule has 8 heteroatoms. The predicted molar refractivity (Wildman–Crippen MR) is 74.3 cm³/mol.